The van der Waals surface area contributed by atoms with E-state index in [2.05, 4.69) is 6.92 Å². The topological polar surface area (TPSA) is 94.6 Å². The molecule has 0 bridgehead atoms. The summed E-state index contributed by atoms with van der Waals surface area (Å²) in [5, 5.41) is 0. The largest absolute Gasteiger partial charge is 0.451 e. The number of esters is 1. The minimum atomic E-state index is -3.98. The maximum atomic E-state index is 13.0. The number of aryl methyl sites for hydroxylation is 1. The van der Waals surface area contributed by atoms with Crippen molar-refractivity contribution in [3.05, 3.63) is 94.5 Å². The van der Waals surface area contributed by atoms with Crippen LogP contribution in [0.1, 0.15) is 62.5 Å². The average Bonchev–Trinajstić information content (AvgIpc) is 2.82. The van der Waals surface area contributed by atoms with Crippen molar-refractivity contribution in [2.24, 2.45) is 0 Å². The molecule has 0 fully saturated rings. The molecular weight excluding hydrogens is 440 g/mol. The van der Waals surface area contributed by atoms with Crippen LogP contribution in [-0.2, 0) is 21.0 Å². The molecule has 0 aliphatic carbocycles. The van der Waals surface area contributed by atoms with Crippen LogP contribution in [0.15, 0.2) is 76.5 Å². The maximum absolute atomic E-state index is 13.0. The van der Waals surface area contributed by atoms with Crippen LogP contribution in [0.2, 0.25) is 0 Å². The number of sulfone groups is 1. The van der Waals surface area contributed by atoms with Crippen molar-refractivity contribution in [2.45, 2.75) is 42.6 Å². The smallest absolute Gasteiger partial charge is 0.338 e. The molecule has 0 unspecified atom stereocenters. The Labute approximate surface area is 192 Å². The SMILES string of the molecule is CCCc1ccc(C(=O)[C@@H](C)OC(=O)c2ccc3c(c2)S(=O)(=O)c2ccccc2C3=O)cc1. The van der Waals surface area contributed by atoms with Crippen molar-refractivity contribution < 1.29 is 27.5 Å². The second-order valence-corrected chi connectivity index (χ2v) is 9.78. The maximum Gasteiger partial charge on any atom is 0.338 e. The van der Waals surface area contributed by atoms with E-state index in [0.29, 0.717) is 5.56 Å². The normalized spacial score (nSPS) is 14.7. The summed E-state index contributed by atoms with van der Waals surface area (Å²) in [7, 11) is -3.98. The van der Waals surface area contributed by atoms with Gasteiger partial charge in [-0.25, -0.2) is 13.2 Å². The summed E-state index contributed by atoms with van der Waals surface area (Å²) in [6.07, 6.45) is 0.840. The molecule has 1 atom stereocenters. The first-order valence-electron chi connectivity index (χ1n) is 10.6. The molecule has 0 amide bonds. The van der Waals surface area contributed by atoms with Gasteiger partial charge in [0.05, 0.1) is 15.4 Å². The number of Topliss-reactive ketones (excluding diaryl/α,β-unsaturated/α-hetero) is 1. The van der Waals surface area contributed by atoms with Crippen LogP contribution in [0, 0.1) is 0 Å². The van der Waals surface area contributed by atoms with Crippen molar-refractivity contribution in [3.8, 4) is 0 Å². The van der Waals surface area contributed by atoms with E-state index in [9.17, 15) is 22.8 Å². The van der Waals surface area contributed by atoms with E-state index in [1.165, 1.54) is 37.3 Å². The third-order valence-corrected chi connectivity index (χ3v) is 7.45. The second-order valence-electron chi connectivity index (χ2n) is 7.90. The molecule has 33 heavy (non-hydrogen) atoms. The molecule has 0 aromatic heterocycles. The summed E-state index contributed by atoms with van der Waals surface area (Å²) in [6, 6.07) is 16.9. The lowest BCUT2D eigenvalue weighted by molar-refractivity contribution is 0.0318. The zero-order valence-electron chi connectivity index (χ0n) is 18.2. The Bertz CT molecular complexity index is 1370. The fourth-order valence-corrected chi connectivity index (χ4v) is 5.53. The van der Waals surface area contributed by atoms with Crippen LogP contribution in [0.3, 0.4) is 0 Å². The number of rotatable bonds is 6. The van der Waals surface area contributed by atoms with Gasteiger partial charge in [0.1, 0.15) is 0 Å². The van der Waals surface area contributed by atoms with E-state index in [-0.39, 0.29) is 32.3 Å². The minimum absolute atomic E-state index is 0.00143. The van der Waals surface area contributed by atoms with Gasteiger partial charge < -0.3 is 4.74 Å². The molecule has 4 rings (SSSR count). The van der Waals surface area contributed by atoms with Gasteiger partial charge in [0.25, 0.3) is 0 Å². The van der Waals surface area contributed by atoms with Crippen LogP contribution in [-0.4, -0.2) is 32.1 Å². The van der Waals surface area contributed by atoms with E-state index in [4.69, 9.17) is 4.74 Å². The summed E-state index contributed by atoms with van der Waals surface area (Å²) in [4.78, 5) is 37.8. The minimum Gasteiger partial charge on any atom is -0.451 e. The van der Waals surface area contributed by atoms with Crippen molar-refractivity contribution in [3.63, 3.8) is 0 Å². The number of fused-ring (bicyclic) bond motifs is 2. The zero-order valence-corrected chi connectivity index (χ0v) is 19.0. The Hall–Kier alpha value is -3.58. The number of benzene rings is 3. The fourth-order valence-electron chi connectivity index (χ4n) is 3.85. The van der Waals surface area contributed by atoms with Gasteiger partial charge in [0.2, 0.25) is 15.6 Å². The van der Waals surface area contributed by atoms with Gasteiger partial charge in [-0.3, -0.25) is 9.59 Å². The molecule has 1 aliphatic heterocycles. The monoisotopic (exact) mass is 462 g/mol. The molecule has 0 spiro atoms. The van der Waals surface area contributed by atoms with Crippen LogP contribution in [0.5, 0.6) is 0 Å². The van der Waals surface area contributed by atoms with E-state index >= 15 is 0 Å². The van der Waals surface area contributed by atoms with Gasteiger partial charge in [0.15, 0.2) is 11.9 Å². The Morgan fingerprint density at radius 3 is 2.21 bits per heavy atom. The summed E-state index contributed by atoms with van der Waals surface area (Å²) >= 11 is 0. The molecule has 1 heterocycles. The molecule has 0 radical (unpaired) electrons. The van der Waals surface area contributed by atoms with Crippen molar-refractivity contribution in [2.75, 3.05) is 0 Å². The van der Waals surface area contributed by atoms with Gasteiger partial charge in [-0.1, -0.05) is 49.7 Å². The first-order valence-corrected chi connectivity index (χ1v) is 12.1. The molecular formula is C26H22O6S. The Kier molecular flexibility index (Phi) is 5.99. The lowest BCUT2D eigenvalue weighted by Crippen LogP contribution is -2.25. The van der Waals surface area contributed by atoms with Crippen LogP contribution < -0.4 is 0 Å². The average molecular weight is 463 g/mol. The summed E-state index contributed by atoms with van der Waals surface area (Å²) in [5.41, 5.74) is 1.59. The van der Waals surface area contributed by atoms with Crippen LogP contribution in [0.4, 0.5) is 0 Å². The van der Waals surface area contributed by atoms with Crippen LogP contribution in [0.25, 0.3) is 0 Å². The van der Waals surface area contributed by atoms with Gasteiger partial charge in [-0.2, -0.15) is 0 Å². The van der Waals surface area contributed by atoms with Crippen LogP contribution >= 0.6 is 0 Å². The highest BCUT2D eigenvalue weighted by Gasteiger charge is 2.35. The molecule has 1 aliphatic rings. The first kappa shape index (κ1) is 22.6. The van der Waals surface area contributed by atoms with Gasteiger partial charge >= 0.3 is 5.97 Å². The molecule has 3 aromatic carbocycles. The number of hydrogen-bond donors (Lipinski definition) is 0. The molecule has 168 valence electrons. The number of ketones is 2. The standard InChI is InChI=1S/C26H22O6S/c1-3-6-17-9-11-18(12-10-17)24(27)16(2)32-26(29)19-13-14-21-23(15-19)33(30,31)22-8-5-4-7-20(22)25(21)28/h4-5,7-16H,3,6H2,1-2H3/t16-/m1/s1. The lowest BCUT2D eigenvalue weighted by atomic mass is 10.0. The van der Waals surface area contributed by atoms with Crippen molar-refractivity contribution >= 4 is 27.4 Å². The quantitative estimate of drug-likeness (QED) is 0.310. The summed E-state index contributed by atoms with van der Waals surface area (Å²) in [5.74, 6) is -1.63. The second kappa shape index (κ2) is 8.75. The van der Waals surface area contributed by atoms with E-state index in [1.54, 1.807) is 18.2 Å². The fraction of sp³-hybridized carbons (Fsp3) is 0.192. The van der Waals surface area contributed by atoms with Gasteiger partial charge in [-0.05, 0) is 49.2 Å². The third-order valence-electron chi connectivity index (χ3n) is 5.60. The molecule has 0 saturated heterocycles. The molecule has 7 heteroatoms. The first-order chi connectivity index (χ1) is 15.7. The predicted octanol–water partition coefficient (Wildman–Crippen LogP) is 4.44. The third kappa shape index (κ3) is 4.12. The molecule has 3 aromatic rings. The summed E-state index contributed by atoms with van der Waals surface area (Å²) < 4.78 is 31.4. The van der Waals surface area contributed by atoms with E-state index in [1.807, 2.05) is 12.1 Å². The molecule has 0 N–H and O–H groups in total. The van der Waals surface area contributed by atoms with E-state index in [0.717, 1.165) is 24.5 Å². The zero-order chi connectivity index (χ0) is 23.8. The Balaban J connectivity index is 1.57. The highest BCUT2D eigenvalue weighted by Crippen LogP contribution is 2.34. The Morgan fingerprint density at radius 2 is 1.52 bits per heavy atom. The number of ether oxygens (including phenoxy) is 1. The highest BCUT2D eigenvalue weighted by atomic mass is 32.2. The number of hydrogen-bond acceptors (Lipinski definition) is 6. The van der Waals surface area contributed by atoms with Crippen molar-refractivity contribution in [1.29, 1.82) is 0 Å². The van der Waals surface area contributed by atoms with E-state index < -0.39 is 27.7 Å². The molecule has 0 saturated carbocycles. The highest BCUT2D eigenvalue weighted by molar-refractivity contribution is 7.91. The number of carbonyl (C=O) groups is 3. The number of carbonyl (C=O) groups excluding carboxylic acids is 3. The Morgan fingerprint density at radius 1 is 0.879 bits per heavy atom. The lowest BCUT2D eigenvalue weighted by Gasteiger charge is -2.19. The molecule has 6 nitrogen and oxygen atoms in total. The predicted molar refractivity (Wildman–Crippen MR) is 121 cm³/mol. The van der Waals surface area contributed by atoms with Crippen molar-refractivity contribution in [1.82, 2.24) is 0 Å². The summed E-state index contributed by atoms with van der Waals surface area (Å²) in [6.45, 7) is 3.54. The van der Waals surface area contributed by atoms with Gasteiger partial charge in [-0.15, -0.1) is 0 Å². The van der Waals surface area contributed by atoms with Gasteiger partial charge in [0, 0.05) is 16.7 Å².